The van der Waals surface area contributed by atoms with Crippen LogP contribution in [0, 0.1) is 0 Å². The molecule has 0 aliphatic heterocycles. The largest absolute Gasteiger partial charge is 0.508 e. The minimum Gasteiger partial charge on any atom is -0.508 e. The van der Waals surface area contributed by atoms with Crippen molar-refractivity contribution in [1.82, 2.24) is 10.3 Å². The smallest absolute Gasteiger partial charge is 0.248 e. The Morgan fingerprint density at radius 3 is 2.73 bits per heavy atom. The lowest BCUT2D eigenvalue weighted by Gasteiger charge is -2.07. The first-order valence-corrected chi connectivity index (χ1v) is 7.32. The highest BCUT2D eigenvalue weighted by Crippen LogP contribution is 2.15. The molecule has 112 valence electrons. The topological polar surface area (TPSA) is 65.1 Å². The van der Waals surface area contributed by atoms with Gasteiger partial charge < -0.3 is 15.4 Å². The van der Waals surface area contributed by atoms with E-state index in [1.54, 1.807) is 6.07 Å². The summed E-state index contributed by atoms with van der Waals surface area (Å²) in [6.07, 6.45) is 0.862. The average molecular weight is 294 g/mol. The van der Waals surface area contributed by atoms with Crippen LogP contribution in [0.5, 0.6) is 5.75 Å². The molecule has 4 heteroatoms. The summed E-state index contributed by atoms with van der Waals surface area (Å²) in [5.74, 6) is 0.318. The first kappa shape index (κ1) is 14.4. The van der Waals surface area contributed by atoms with Gasteiger partial charge in [0.1, 0.15) is 5.75 Å². The average Bonchev–Trinajstić information content (AvgIpc) is 2.52. The lowest BCUT2D eigenvalue weighted by molar-refractivity contribution is 0.464. The van der Waals surface area contributed by atoms with Crippen LogP contribution in [0.4, 0.5) is 0 Å². The van der Waals surface area contributed by atoms with Crippen LogP contribution in [-0.4, -0.2) is 16.6 Å². The van der Waals surface area contributed by atoms with Gasteiger partial charge in [0.15, 0.2) is 0 Å². The third-order valence-electron chi connectivity index (χ3n) is 3.69. The predicted molar refractivity (Wildman–Crippen MR) is 88.1 cm³/mol. The highest BCUT2D eigenvalue weighted by atomic mass is 16.3. The van der Waals surface area contributed by atoms with Crippen LogP contribution in [0.2, 0.25) is 0 Å². The second-order valence-electron chi connectivity index (χ2n) is 5.30. The van der Waals surface area contributed by atoms with Crippen LogP contribution in [0.15, 0.2) is 59.4 Å². The molecule has 2 aromatic carbocycles. The number of para-hydroxylation sites is 1. The highest BCUT2D eigenvalue weighted by molar-refractivity contribution is 5.78. The molecule has 22 heavy (non-hydrogen) atoms. The SMILES string of the molecule is O=c1ccc2ccc(CCNCc3ccccc3O)cc2[nH]1. The molecule has 1 heterocycles. The van der Waals surface area contributed by atoms with Crippen molar-refractivity contribution in [3.63, 3.8) is 0 Å². The van der Waals surface area contributed by atoms with Crippen LogP contribution in [0.25, 0.3) is 10.9 Å². The summed E-state index contributed by atoms with van der Waals surface area (Å²) in [7, 11) is 0. The number of H-pyrrole nitrogens is 1. The zero-order chi connectivity index (χ0) is 15.4. The number of rotatable bonds is 5. The fraction of sp³-hybridized carbons (Fsp3) is 0.167. The van der Waals surface area contributed by atoms with Crippen LogP contribution < -0.4 is 10.9 Å². The predicted octanol–water partition coefficient (Wildman–Crippen LogP) is 2.57. The summed E-state index contributed by atoms with van der Waals surface area (Å²) in [4.78, 5) is 14.2. The number of fused-ring (bicyclic) bond motifs is 1. The molecule has 0 aliphatic rings. The molecule has 0 radical (unpaired) electrons. The molecule has 3 rings (SSSR count). The third-order valence-corrected chi connectivity index (χ3v) is 3.69. The molecule has 0 spiro atoms. The van der Waals surface area contributed by atoms with Gasteiger partial charge in [0.05, 0.1) is 0 Å². The molecule has 0 saturated heterocycles. The second kappa shape index (κ2) is 6.45. The van der Waals surface area contributed by atoms with Crippen LogP contribution in [0.1, 0.15) is 11.1 Å². The van der Waals surface area contributed by atoms with Crippen molar-refractivity contribution in [1.29, 1.82) is 0 Å². The highest BCUT2D eigenvalue weighted by Gasteiger charge is 2.00. The molecule has 0 aliphatic carbocycles. The zero-order valence-electron chi connectivity index (χ0n) is 12.2. The monoisotopic (exact) mass is 294 g/mol. The van der Waals surface area contributed by atoms with Crippen LogP contribution in [0.3, 0.4) is 0 Å². The number of nitrogens with one attached hydrogen (secondary N) is 2. The molecule has 3 N–H and O–H groups in total. The van der Waals surface area contributed by atoms with Gasteiger partial charge >= 0.3 is 0 Å². The Morgan fingerprint density at radius 1 is 1.05 bits per heavy atom. The van der Waals surface area contributed by atoms with E-state index in [0.29, 0.717) is 12.3 Å². The van der Waals surface area contributed by atoms with Gasteiger partial charge in [-0.25, -0.2) is 0 Å². The number of aromatic amines is 1. The minimum atomic E-state index is -0.0812. The van der Waals surface area contributed by atoms with E-state index in [4.69, 9.17) is 0 Å². The summed E-state index contributed by atoms with van der Waals surface area (Å²) < 4.78 is 0. The van der Waals surface area contributed by atoms with E-state index in [9.17, 15) is 9.90 Å². The Hall–Kier alpha value is -2.59. The van der Waals surface area contributed by atoms with Gasteiger partial charge in [-0.2, -0.15) is 0 Å². The normalized spacial score (nSPS) is 10.9. The van der Waals surface area contributed by atoms with Crippen molar-refractivity contribution in [2.45, 2.75) is 13.0 Å². The van der Waals surface area contributed by atoms with Gasteiger partial charge in [-0.1, -0.05) is 30.3 Å². The van der Waals surface area contributed by atoms with Gasteiger partial charge in [-0.3, -0.25) is 4.79 Å². The molecule has 0 atom stereocenters. The molecule has 0 bridgehead atoms. The maximum atomic E-state index is 11.4. The lowest BCUT2D eigenvalue weighted by Crippen LogP contribution is -2.16. The zero-order valence-corrected chi connectivity index (χ0v) is 12.2. The molecule has 0 amide bonds. The Morgan fingerprint density at radius 2 is 1.86 bits per heavy atom. The van der Waals surface area contributed by atoms with E-state index in [2.05, 4.69) is 16.4 Å². The standard InChI is InChI=1S/C18H18N2O2/c21-17-4-2-1-3-15(17)12-19-10-9-13-5-6-14-7-8-18(22)20-16(14)11-13/h1-8,11,19,21H,9-10,12H2,(H,20,22). The summed E-state index contributed by atoms with van der Waals surface area (Å²) in [6, 6.07) is 16.8. The first-order valence-electron chi connectivity index (χ1n) is 7.32. The maximum absolute atomic E-state index is 11.4. The van der Waals surface area contributed by atoms with Crippen molar-refractivity contribution in [2.75, 3.05) is 6.54 Å². The number of phenolic OH excluding ortho intramolecular Hbond substituents is 1. The van der Waals surface area contributed by atoms with Gasteiger partial charge in [0, 0.05) is 23.7 Å². The molecule has 4 nitrogen and oxygen atoms in total. The molecular weight excluding hydrogens is 276 g/mol. The molecular formula is C18H18N2O2. The van der Waals surface area contributed by atoms with E-state index in [-0.39, 0.29) is 5.56 Å². The van der Waals surface area contributed by atoms with Gasteiger partial charge in [-0.15, -0.1) is 0 Å². The fourth-order valence-corrected chi connectivity index (χ4v) is 2.47. The van der Waals surface area contributed by atoms with Crippen molar-refractivity contribution < 1.29 is 5.11 Å². The van der Waals surface area contributed by atoms with E-state index in [1.165, 1.54) is 11.6 Å². The van der Waals surface area contributed by atoms with Gasteiger partial charge in [-0.05, 0) is 42.1 Å². The Kier molecular flexibility index (Phi) is 4.21. The van der Waals surface area contributed by atoms with Crippen molar-refractivity contribution in [2.24, 2.45) is 0 Å². The van der Waals surface area contributed by atoms with E-state index < -0.39 is 0 Å². The van der Waals surface area contributed by atoms with Gasteiger partial charge in [0.2, 0.25) is 5.56 Å². The molecule has 0 unspecified atom stereocenters. The number of aromatic hydroxyl groups is 1. The summed E-state index contributed by atoms with van der Waals surface area (Å²) in [5.41, 5.74) is 2.84. The molecule has 0 fully saturated rings. The van der Waals surface area contributed by atoms with Gasteiger partial charge in [0.25, 0.3) is 0 Å². The molecule has 1 aromatic heterocycles. The van der Waals surface area contributed by atoms with Crippen LogP contribution in [-0.2, 0) is 13.0 Å². The Bertz CT molecular complexity index is 840. The summed E-state index contributed by atoms with van der Waals surface area (Å²) in [5, 5.41) is 14.0. The van der Waals surface area contributed by atoms with E-state index >= 15 is 0 Å². The van der Waals surface area contributed by atoms with E-state index in [1.807, 2.05) is 36.4 Å². The second-order valence-corrected chi connectivity index (χ2v) is 5.30. The number of pyridine rings is 1. The van der Waals surface area contributed by atoms with E-state index in [0.717, 1.165) is 29.4 Å². The summed E-state index contributed by atoms with van der Waals surface area (Å²) in [6.45, 7) is 1.44. The van der Waals surface area contributed by atoms with Crippen molar-refractivity contribution in [3.05, 3.63) is 76.1 Å². The number of hydrogen-bond acceptors (Lipinski definition) is 3. The number of aromatic nitrogens is 1. The number of phenols is 1. The van der Waals surface area contributed by atoms with Crippen molar-refractivity contribution in [3.8, 4) is 5.75 Å². The third kappa shape index (κ3) is 3.35. The maximum Gasteiger partial charge on any atom is 0.248 e. The fourth-order valence-electron chi connectivity index (χ4n) is 2.47. The number of hydrogen-bond donors (Lipinski definition) is 3. The number of benzene rings is 2. The quantitative estimate of drug-likeness (QED) is 0.634. The minimum absolute atomic E-state index is 0.0812. The molecule has 3 aromatic rings. The van der Waals surface area contributed by atoms with Crippen LogP contribution >= 0.6 is 0 Å². The lowest BCUT2D eigenvalue weighted by atomic mass is 10.1. The summed E-state index contributed by atoms with van der Waals surface area (Å²) >= 11 is 0. The first-order chi connectivity index (χ1) is 10.7. The Labute approximate surface area is 128 Å². The Balaban J connectivity index is 1.60. The van der Waals surface area contributed by atoms with Crippen molar-refractivity contribution >= 4 is 10.9 Å². The molecule has 0 saturated carbocycles.